The van der Waals surface area contributed by atoms with Gasteiger partial charge in [-0.3, -0.25) is 0 Å². The van der Waals surface area contributed by atoms with Crippen LogP contribution in [0.1, 0.15) is 18.5 Å². The first-order valence-corrected chi connectivity index (χ1v) is 11.1. The molecular formula is C20H17ClF2N2O5S. The van der Waals surface area contributed by atoms with Crippen molar-refractivity contribution in [2.75, 3.05) is 12.4 Å². The van der Waals surface area contributed by atoms with Gasteiger partial charge in [-0.25, -0.2) is 26.8 Å². The molecule has 3 rings (SSSR count). The highest BCUT2D eigenvalue weighted by atomic mass is 35.5. The molecule has 0 radical (unpaired) electrons. The fourth-order valence-electron chi connectivity index (χ4n) is 3.06. The summed E-state index contributed by atoms with van der Waals surface area (Å²) in [6.07, 6.45) is 0. The van der Waals surface area contributed by atoms with Gasteiger partial charge in [0, 0.05) is 5.70 Å². The Labute approximate surface area is 182 Å². The van der Waals surface area contributed by atoms with Crippen molar-refractivity contribution in [1.29, 1.82) is 0 Å². The van der Waals surface area contributed by atoms with Gasteiger partial charge in [-0.2, -0.15) is 0 Å². The standard InChI is InChI=1S/C20H17ClF2N2O5S/c1-2-30-19(26)17-16(10-31(28,29)13-6-7-15(23)14(21)9-13)24-20(27)25-18(17)11-4-3-5-12(22)8-11/h3-9,18H,2,10H2,1H3,(H2,24,25,27). The fourth-order valence-corrected chi connectivity index (χ4v) is 4.65. The highest BCUT2D eigenvalue weighted by molar-refractivity contribution is 7.91. The largest absolute Gasteiger partial charge is 0.463 e. The minimum atomic E-state index is -4.15. The molecule has 2 N–H and O–H groups in total. The van der Waals surface area contributed by atoms with Crippen LogP contribution in [-0.4, -0.2) is 32.8 Å². The number of carbonyl (C=O) groups is 2. The van der Waals surface area contributed by atoms with Gasteiger partial charge in [0.25, 0.3) is 0 Å². The summed E-state index contributed by atoms with van der Waals surface area (Å²) in [4.78, 5) is 24.6. The summed E-state index contributed by atoms with van der Waals surface area (Å²) in [7, 11) is -4.15. The summed E-state index contributed by atoms with van der Waals surface area (Å²) in [5.74, 6) is -3.09. The van der Waals surface area contributed by atoms with Crippen LogP contribution in [0.15, 0.2) is 58.6 Å². The number of amides is 2. The molecule has 164 valence electrons. The van der Waals surface area contributed by atoms with Gasteiger partial charge in [-0.15, -0.1) is 0 Å². The van der Waals surface area contributed by atoms with E-state index in [1.54, 1.807) is 6.92 Å². The predicted molar refractivity (Wildman–Crippen MR) is 108 cm³/mol. The zero-order valence-electron chi connectivity index (χ0n) is 16.1. The lowest BCUT2D eigenvalue weighted by atomic mass is 9.95. The molecule has 7 nitrogen and oxygen atoms in total. The number of halogens is 3. The monoisotopic (exact) mass is 470 g/mol. The topological polar surface area (TPSA) is 102 Å². The summed E-state index contributed by atoms with van der Waals surface area (Å²) in [5.41, 5.74) is -0.210. The summed E-state index contributed by atoms with van der Waals surface area (Å²) < 4.78 is 58.0. The van der Waals surface area contributed by atoms with Gasteiger partial charge in [0.1, 0.15) is 11.6 Å². The van der Waals surface area contributed by atoms with E-state index in [0.717, 1.165) is 24.3 Å². The third-order valence-electron chi connectivity index (χ3n) is 4.42. The zero-order valence-corrected chi connectivity index (χ0v) is 17.7. The Morgan fingerprint density at radius 3 is 2.58 bits per heavy atom. The van der Waals surface area contributed by atoms with Crippen LogP contribution in [-0.2, 0) is 19.4 Å². The SMILES string of the molecule is CCOC(=O)C1=C(CS(=O)(=O)c2ccc(F)c(Cl)c2)NC(=O)NC1c1cccc(F)c1. The second-order valence-corrected chi connectivity index (χ2v) is 8.93. The van der Waals surface area contributed by atoms with Crippen LogP contribution < -0.4 is 10.6 Å². The molecular weight excluding hydrogens is 454 g/mol. The van der Waals surface area contributed by atoms with Gasteiger partial charge in [-0.1, -0.05) is 23.7 Å². The first-order chi connectivity index (χ1) is 14.6. The number of nitrogens with one attached hydrogen (secondary N) is 2. The predicted octanol–water partition coefficient (Wildman–Crippen LogP) is 3.26. The molecule has 0 aromatic heterocycles. The molecule has 31 heavy (non-hydrogen) atoms. The maximum absolute atomic E-state index is 13.8. The minimum Gasteiger partial charge on any atom is -0.463 e. The second-order valence-electron chi connectivity index (χ2n) is 6.53. The van der Waals surface area contributed by atoms with E-state index in [9.17, 15) is 26.8 Å². The molecule has 0 aliphatic carbocycles. The Morgan fingerprint density at radius 1 is 1.19 bits per heavy atom. The summed E-state index contributed by atoms with van der Waals surface area (Å²) in [6, 6.07) is 6.08. The van der Waals surface area contributed by atoms with Crippen molar-refractivity contribution >= 4 is 33.4 Å². The lowest BCUT2D eigenvalue weighted by Crippen LogP contribution is -2.47. The number of rotatable bonds is 6. The van der Waals surface area contributed by atoms with Gasteiger partial charge in [0.05, 0.1) is 33.9 Å². The molecule has 0 fully saturated rings. The first-order valence-electron chi connectivity index (χ1n) is 9.03. The Hall–Kier alpha value is -2.98. The zero-order chi connectivity index (χ0) is 22.8. The quantitative estimate of drug-likeness (QED) is 0.498. The Balaban J connectivity index is 2.11. The third-order valence-corrected chi connectivity index (χ3v) is 6.35. The molecule has 1 aliphatic heterocycles. The van der Waals surface area contributed by atoms with Crippen molar-refractivity contribution in [3.8, 4) is 0 Å². The average Bonchev–Trinajstić information content (AvgIpc) is 2.69. The molecule has 1 atom stereocenters. The number of carbonyl (C=O) groups excluding carboxylic acids is 2. The molecule has 1 unspecified atom stereocenters. The summed E-state index contributed by atoms with van der Waals surface area (Å²) in [6.45, 7) is 1.54. The van der Waals surface area contributed by atoms with E-state index in [-0.39, 0.29) is 28.3 Å². The molecule has 1 heterocycles. The van der Waals surface area contributed by atoms with Gasteiger partial charge < -0.3 is 15.4 Å². The van der Waals surface area contributed by atoms with E-state index in [1.165, 1.54) is 18.2 Å². The first kappa shape index (κ1) is 22.7. The Bertz CT molecular complexity index is 1180. The average molecular weight is 471 g/mol. The Kier molecular flexibility index (Phi) is 6.61. The van der Waals surface area contributed by atoms with Crippen LogP contribution in [0, 0.1) is 11.6 Å². The third kappa shape index (κ3) is 5.02. The number of ether oxygens (including phenoxy) is 1. The molecule has 2 aromatic carbocycles. The van der Waals surface area contributed by atoms with Crippen molar-refractivity contribution < 1.29 is 31.5 Å². The maximum atomic E-state index is 13.8. The minimum absolute atomic E-state index is 0.0141. The van der Waals surface area contributed by atoms with Gasteiger partial charge in [0.2, 0.25) is 0 Å². The van der Waals surface area contributed by atoms with Crippen LogP contribution in [0.2, 0.25) is 5.02 Å². The van der Waals surface area contributed by atoms with Gasteiger partial charge in [0.15, 0.2) is 9.84 Å². The van der Waals surface area contributed by atoms with Crippen LogP contribution in [0.5, 0.6) is 0 Å². The van der Waals surface area contributed by atoms with Gasteiger partial charge in [-0.05, 0) is 42.8 Å². The van der Waals surface area contributed by atoms with E-state index in [4.69, 9.17) is 16.3 Å². The molecule has 1 aliphatic rings. The number of hydrogen-bond acceptors (Lipinski definition) is 5. The molecule has 11 heteroatoms. The molecule has 0 spiro atoms. The van der Waals surface area contributed by atoms with Crippen molar-refractivity contribution in [3.63, 3.8) is 0 Å². The Morgan fingerprint density at radius 2 is 1.94 bits per heavy atom. The van der Waals surface area contributed by atoms with Crippen LogP contribution in [0.4, 0.5) is 13.6 Å². The molecule has 2 aromatic rings. The number of hydrogen-bond donors (Lipinski definition) is 2. The van der Waals surface area contributed by atoms with Crippen LogP contribution >= 0.6 is 11.6 Å². The molecule has 0 bridgehead atoms. The van der Waals surface area contributed by atoms with E-state index in [1.807, 2.05) is 0 Å². The van der Waals surface area contributed by atoms with E-state index in [2.05, 4.69) is 10.6 Å². The van der Waals surface area contributed by atoms with Gasteiger partial charge >= 0.3 is 12.0 Å². The summed E-state index contributed by atoms with van der Waals surface area (Å²) in [5, 5.41) is 4.41. The second kappa shape index (κ2) is 9.03. The lowest BCUT2D eigenvalue weighted by Gasteiger charge is -2.29. The van der Waals surface area contributed by atoms with Crippen LogP contribution in [0.3, 0.4) is 0 Å². The van der Waals surface area contributed by atoms with E-state index >= 15 is 0 Å². The normalized spacial score (nSPS) is 16.5. The molecule has 0 saturated heterocycles. The van der Waals surface area contributed by atoms with Crippen molar-refractivity contribution in [3.05, 3.63) is 76.0 Å². The number of esters is 1. The smallest absolute Gasteiger partial charge is 0.338 e. The van der Waals surface area contributed by atoms with Crippen molar-refractivity contribution in [1.82, 2.24) is 10.6 Å². The molecule has 2 amide bonds. The van der Waals surface area contributed by atoms with E-state index in [0.29, 0.717) is 0 Å². The highest BCUT2D eigenvalue weighted by Crippen LogP contribution is 2.30. The highest BCUT2D eigenvalue weighted by Gasteiger charge is 2.36. The van der Waals surface area contributed by atoms with Crippen LogP contribution in [0.25, 0.3) is 0 Å². The maximum Gasteiger partial charge on any atom is 0.338 e. The summed E-state index contributed by atoms with van der Waals surface area (Å²) >= 11 is 5.68. The van der Waals surface area contributed by atoms with E-state index < -0.39 is 50.3 Å². The molecule has 0 saturated carbocycles. The number of sulfone groups is 1. The fraction of sp³-hybridized carbons (Fsp3) is 0.200. The number of benzene rings is 2. The lowest BCUT2D eigenvalue weighted by molar-refractivity contribution is -0.139. The number of urea groups is 1. The van der Waals surface area contributed by atoms with Crippen molar-refractivity contribution in [2.45, 2.75) is 17.9 Å². The van der Waals surface area contributed by atoms with Crippen molar-refractivity contribution in [2.24, 2.45) is 0 Å².